The van der Waals surface area contributed by atoms with Crippen LogP contribution in [0.3, 0.4) is 0 Å². The van der Waals surface area contributed by atoms with E-state index in [0.29, 0.717) is 17.3 Å². The lowest BCUT2D eigenvalue weighted by Gasteiger charge is -2.12. The predicted octanol–water partition coefficient (Wildman–Crippen LogP) is 3.58. The first-order valence-corrected chi connectivity index (χ1v) is 7.10. The number of thiazole rings is 1. The standard InChI is InChI=1S/C13H16ClN4S/c1-17(2)10-4-5-12(11(14)8-10)16-15-9-13-18(3)6-7-19-13/h4-8H,9H2,1-3H3/q+1. The predicted molar refractivity (Wildman–Crippen MR) is 79.5 cm³/mol. The number of benzene rings is 1. The van der Waals surface area contributed by atoms with Crippen LogP contribution in [0.15, 0.2) is 40.0 Å². The van der Waals surface area contributed by atoms with E-state index in [1.54, 1.807) is 11.3 Å². The number of hydrogen-bond acceptors (Lipinski definition) is 4. The van der Waals surface area contributed by atoms with Crippen molar-refractivity contribution >= 4 is 34.3 Å². The van der Waals surface area contributed by atoms with Crippen LogP contribution in [0.4, 0.5) is 11.4 Å². The summed E-state index contributed by atoms with van der Waals surface area (Å²) in [4.78, 5) is 2.00. The van der Waals surface area contributed by atoms with Gasteiger partial charge < -0.3 is 4.90 Å². The molecule has 0 saturated heterocycles. The van der Waals surface area contributed by atoms with Crippen LogP contribution in [-0.4, -0.2) is 14.1 Å². The Morgan fingerprint density at radius 2 is 2.16 bits per heavy atom. The molecule has 0 amide bonds. The highest BCUT2D eigenvalue weighted by Gasteiger charge is 2.07. The Morgan fingerprint density at radius 1 is 1.37 bits per heavy atom. The Labute approximate surface area is 122 Å². The second-order valence-corrected chi connectivity index (χ2v) is 5.72. The summed E-state index contributed by atoms with van der Waals surface area (Å²) < 4.78 is 2.04. The highest BCUT2D eigenvalue weighted by atomic mass is 35.5. The maximum atomic E-state index is 6.18. The zero-order valence-electron chi connectivity index (χ0n) is 11.2. The second-order valence-electron chi connectivity index (χ2n) is 4.34. The number of anilines is 1. The van der Waals surface area contributed by atoms with Crippen LogP contribution in [0.2, 0.25) is 5.02 Å². The van der Waals surface area contributed by atoms with Gasteiger partial charge in [-0.25, -0.2) is 0 Å². The molecule has 100 valence electrons. The fourth-order valence-electron chi connectivity index (χ4n) is 1.54. The van der Waals surface area contributed by atoms with E-state index in [9.17, 15) is 0 Å². The zero-order valence-corrected chi connectivity index (χ0v) is 12.7. The van der Waals surface area contributed by atoms with E-state index in [2.05, 4.69) is 10.2 Å². The van der Waals surface area contributed by atoms with Gasteiger partial charge in [0, 0.05) is 19.8 Å². The lowest BCUT2D eigenvalue weighted by atomic mass is 10.3. The maximum absolute atomic E-state index is 6.18. The molecule has 0 N–H and O–H groups in total. The van der Waals surface area contributed by atoms with Crippen molar-refractivity contribution in [1.82, 2.24) is 0 Å². The third-order valence-corrected chi connectivity index (χ3v) is 3.96. The van der Waals surface area contributed by atoms with Gasteiger partial charge in [-0.2, -0.15) is 14.8 Å². The summed E-state index contributed by atoms with van der Waals surface area (Å²) in [7, 11) is 5.95. The van der Waals surface area contributed by atoms with Crippen molar-refractivity contribution in [2.24, 2.45) is 17.3 Å². The Kier molecular flexibility index (Phi) is 4.50. The van der Waals surface area contributed by atoms with E-state index >= 15 is 0 Å². The quantitative estimate of drug-likeness (QED) is 0.627. The van der Waals surface area contributed by atoms with Crippen LogP contribution in [0.1, 0.15) is 5.01 Å². The van der Waals surface area contributed by atoms with Crippen LogP contribution in [0, 0.1) is 0 Å². The van der Waals surface area contributed by atoms with Gasteiger partial charge in [-0.1, -0.05) is 22.9 Å². The molecule has 6 heteroatoms. The third-order valence-electron chi connectivity index (χ3n) is 2.71. The molecule has 1 aromatic carbocycles. The van der Waals surface area contributed by atoms with Crippen molar-refractivity contribution in [1.29, 1.82) is 0 Å². The van der Waals surface area contributed by atoms with Gasteiger partial charge in [-0.05, 0) is 18.2 Å². The molecular weight excluding hydrogens is 280 g/mol. The fraction of sp³-hybridized carbons (Fsp3) is 0.308. The average Bonchev–Trinajstić information content (AvgIpc) is 2.77. The fourth-order valence-corrected chi connectivity index (χ4v) is 2.51. The lowest BCUT2D eigenvalue weighted by Crippen LogP contribution is -2.28. The smallest absolute Gasteiger partial charge is 0.260 e. The van der Waals surface area contributed by atoms with E-state index in [4.69, 9.17) is 11.6 Å². The molecule has 0 aliphatic heterocycles. The molecule has 0 aliphatic carbocycles. The number of hydrogen-bond donors (Lipinski definition) is 0. The van der Waals surface area contributed by atoms with E-state index in [-0.39, 0.29) is 0 Å². The monoisotopic (exact) mass is 295 g/mol. The van der Waals surface area contributed by atoms with Gasteiger partial charge in [0.15, 0.2) is 12.7 Å². The molecule has 1 heterocycles. The van der Waals surface area contributed by atoms with Crippen molar-refractivity contribution in [3.05, 3.63) is 39.8 Å². The highest BCUT2D eigenvalue weighted by molar-refractivity contribution is 7.09. The Bertz CT molecular complexity index is 592. The van der Waals surface area contributed by atoms with Gasteiger partial charge in [0.05, 0.1) is 10.4 Å². The summed E-state index contributed by atoms with van der Waals surface area (Å²) in [6.07, 6.45) is 2.01. The van der Waals surface area contributed by atoms with Gasteiger partial charge in [0.1, 0.15) is 12.7 Å². The normalized spacial score (nSPS) is 11.2. The number of aryl methyl sites for hydroxylation is 1. The topological polar surface area (TPSA) is 31.8 Å². The summed E-state index contributed by atoms with van der Waals surface area (Å²) in [5, 5.41) is 12.2. The van der Waals surface area contributed by atoms with Crippen LogP contribution >= 0.6 is 22.9 Å². The average molecular weight is 296 g/mol. The van der Waals surface area contributed by atoms with Gasteiger partial charge >= 0.3 is 0 Å². The Morgan fingerprint density at radius 3 is 2.74 bits per heavy atom. The van der Waals surface area contributed by atoms with Crippen molar-refractivity contribution in [3.8, 4) is 0 Å². The number of halogens is 1. The first-order valence-electron chi connectivity index (χ1n) is 5.84. The van der Waals surface area contributed by atoms with Crippen molar-refractivity contribution in [3.63, 3.8) is 0 Å². The minimum absolute atomic E-state index is 0.569. The highest BCUT2D eigenvalue weighted by Crippen LogP contribution is 2.29. The number of nitrogens with zero attached hydrogens (tertiary/aromatic N) is 4. The molecule has 4 nitrogen and oxygen atoms in total. The molecule has 2 rings (SSSR count). The zero-order chi connectivity index (χ0) is 13.8. The third kappa shape index (κ3) is 3.52. The van der Waals surface area contributed by atoms with Crippen LogP contribution in [-0.2, 0) is 13.6 Å². The number of rotatable bonds is 4. The summed E-state index contributed by atoms with van der Waals surface area (Å²) in [6, 6.07) is 5.75. The summed E-state index contributed by atoms with van der Waals surface area (Å²) in [6.45, 7) is 0.569. The van der Waals surface area contributed by atoms with Crippen molar-refractivity contribution in [2.75, 3.05) is 19.0 Å². The molecule has 0 saturated carbocycles. The minimum atomic E-state index is 0.569. The largest absolute Gasteiger partial charge is 0.378 e. The van der Waals surface area contributed by atoms with E-state index in [1.165, 1.54) is 0 Å². The van der Waals surface area contributed by atoms with Gasteiger partial charge in [0.2, 0.25) is 0 Å². The van der Waals surface area contributed by atoms with Crippen molar-refractivity contribution < 1.29 is 4.57 Å². The minimum Gasteiger partial charge on any atom is -0.378 e. The van der Waals surface area contributed by atoms with Gasteiger partial charge in [-0.3, -0.25) is 0 Å². The molecular formula is C13H16ClN4S+. The van der Waals surface area contributed by atoms with E-state index in [0.717, 1.165) is 10.7 Å². The van der Waals surface area contributed by atoms with E-state index in [1.807, 2.05) is 60.4 Å². The van der Waals surface area contributed by atoms with E-state index < -0.39 is 0 Å². The molecule has 0 bridgehead atoms. The lowest BCUT2D eigenvalue weighted by molar-refractivity contribution is -0.673. The van der Waals surface area contributed by atoms with Crippen LogP contribution in [0.25, 0.3) is 0 Å². The molecule has 0 fully saturated rings. The summed E-state index contributed by atoms with van der Waals surface area (Å²) >= 11 is 7.85. The Balaban J connectivity index is 2.09. The number of azo groups is 1. The molecule has 19 heavy (non-hydrogen) atoms. The Hall–Kier alpha value is -1.46. The molecule has 0 unspecified atom stereocenters. The molecule has 1 aromatic heterocycles. The molecule has 0 atom stereocenters. The SMILES string of the molecule is CN(C)c1ccc(N=NCc2scc[n+]2C)c(Cl)c1. The summed E-state index contributed by atoms with van der Waals surface area (Å²) in [5.41, 5.74) is 1.75. The van der Waals surface area contributed by atoms with Gasteiger partial charge in [0.25, 0.3) is 5.01 Å². The summed E-state index contributed by atoms with van der Waals surface area (Å²) in [5.74, 6) is 0. The molecule has 0 radical (unpaired) electrons. The van der Waals surface area contributed by atoms with Crippen LogP contribution in [0.5, 0.6) is 0 Å². The maximum Gasteiger partial charge on any atom is 0.260 e. The molecule has 0 spiro atoms. The second kappa shape index (κ2) is 6.12. The number of aromatic nitrogens is 1. The van der Waals surface area contributed by atoms with Crippen LogP contribution < -0.4 is 9.47 Å². The first-order chi connectivity index (χ1) is 9.08. The molecule has 2 aromatic rings. The van der Waals surface area contributed by atoms with Gasteiger partial charge in [-0.15, -0.1) is 0 Å². The first kappa shape index (κ1) is 14.0. The molecule has 0 aliphatic rings. The van der Waals surface area contributed by atoms with Crippen molar-refractivity contribution in [2.45, 2.75) is 6.54 Å².